The van der Waals surface area contributed by atoms with Crippen molar-refractivity contribution in [3.8, 4) is 0 Å². The van der Waals surface area contributed by atoms with Crippen LogP contribution in [0.25, 0.3) is 0 Å². The van der Waals surface area contributed by atoms with E-state index < -0.39 is 24.3 Å². The number of nitrogens with one attached hydrogen (secondary N) is 3. The van der Waals surface area contributed by atoms with Crippen LogP contribution < -0.4 is 5.32 Å². The van der Waals surface area contributed by atoms with Gasteiger partial charge in [-0.3, -0.25) is 14.5 Å². The zero-order valence-corrected chi connectivity index (χ0v) is 31.2. The number of aromatic amines is 2. The van der Waals surface area contributed by atoms with Crippen molar-refractivity contribution in [2.45, 2.75) is 103 Å². The smallest absolute Gasteiger partial charge is 0.407 e. The number of likely N-dealkylation sites (N-methyl/N-ethyl adjacent to an activating group) is 1. The van der Waals surface area contributed by atoms with E-state index in [1.807, 2.05) is 45.0 Å². The molecule has 4 N–H and O–H groups in total. The van der Waals surface area contributed by atoms with Crippen molar-refractivity contribution < 1.29 is 29.0 Å². The highest BCUT2D eigenvalue weighted by atomic mass is 16.5. The Bertz CT molecular complexity index is 1680. The van der Waals surface area contributed by atoms with Gasteiger partial charge in [0.05, 0.1) is 19.2 Å². The predicted molar refractivity (Wildman–Crippen MR) is 194 cm³/mol. The second kappa shape index (κ2) is 17.1. The number of hydrogen-bond donors (Lipinski definition) is 4. The number of aromatic nitrogens is 4. The van der Waals surface area contributed by atoms with Crippen LogP contribution in [0.2, 0.25) is 0 Å². The number of aryl methyl sites for hydroxylation is 4. The Morgan fingerprint density at radius 3 is 1.73 bits per heavy atom. The minimum atomic E-state index is -1.11. The molecular weight excluding hydrogens is 664 g/mol. The maximum absolute atomic E-state index is 13.5. The van der Waals surface area contributed by atoms with Gasteiger partial charge in [-0.15, -0.1) is 0 Å². The van der Waals surface area contributed by atoms with Crippen molar-refractivity contribution in [1.29, 1.82) is 0 Å². The van der Waals surface area contributed by atoms with Crippen molar-refractivity contribution in [2.75, 3.05) is 27.2 Å². The van der Waals surface area contributed by atoms with E-state index in [0.717, 1.165) is 79.3 Å². The zero-order valence-electron chi connectivity index (χ0n) is 31.2. The van der Waals surface area contributed by atoms with Crippen LogP contribution in [0.3, 0.4) is 0 Å². The van der Waals surface area contributed by atoms with Gasteiger partial charge in [0, 0.05) is 43.9 Å². The standard InChI is InChI=1S/C38H54N8O6/c1-23(2)31(43-37(49)52-6)35(47)45-19-7-9-29(45)33-39-21-27(41-33)17-15-25-11-13-26(14-12-25)16-18-28-22-40-34(42-28)30-10-8-20-46(30)36(48)32(24(3)4)44(5)38(50)51/h11-14,21-24,29-32H,7-10,15-20H2,1-6H3,(H,39,41)(H,40,42)(H,43,49)(H,50,51)/t29?,30-,31-,32-/m0/s1. The first-order valence-electron chi connectivity index (χ1n) is 18.4. The normalized spacial score (nSPS) is 18.5. The summed E-state index contributed by atoms with van der Waals surface area (Å²) in [6.45, 7) is 8.75. The van der Waals surface area contributed by atoms with Gasteiger partial charge in [0.15, 0.2) is 0 Å². The molecule has 282 valence electrons. The zero-order chi connectivity index (χ0) is 37.5. The van der Waals surface area contributed by atoms with E-state index in [9.17, 15) is 24.3 Å². The Labute approximate surface area is 305 Å². The maximum atomic E-state index is 13.5. The molecule has 14 nitrogen and oxygen atoms in total. The molecule has 4 heterocycles. The number of likely N-dealkylation sites (tertiary alicyclic amines) is 2. The van der Waals surface area contributed by atoms with Gasteiger partial charge in [0.25, 0.3) is 0 Å². The molecule has 2 fully saturated rings. The fraction of sp³-hybridized carbons (Fsp3) is 0.579. The van der Waals surface area contributed by atoms with Gasteiger partial charge < -0.3 is 34.9 Å². The number of methoxy groups -OCH3 is 1. The topological polar surface area (TPSA) is 177 Å². The van der Waals surface area contributed by atoms with Crippen molar-refractivity contribution in [1.82, 2.24) is 40.0 Å². The number of amides is 4. The summed E-state index contributed by atoms with van der Waals surface area (Å²) in [5.41, 5.74) is 4.44. The maximum Gasteiger partial charge on any atom is 0.407 e. The predicted octanol–water partition coefficient (Wildman–Crippen LogP) is 5.05. The molecule has 2 saturated heterocycles. The molecule has 5 rings (SSSR count). The van der Waals surface area contributed by atoms with E-state index >= 15 is 0 Å². The molecule has 0 aliphatic carbocycles. The van der Waals surface area contributed by atoms with Crippen LogP contribution in [0, 0.1) is 11.8 Å². The molecule has 1 aromatic carbocycles. The highest BCUT2D eigenvalue weighted by molar-refractivity contribution is 5.87. The number of ether oxygens (including phenoxy) is 1. The van der Waals surface area contributed by atoms with E-state index in [1.54, 1.807) is 4.90 Å². The van der Waals surface area contributed by atoms with E-state index in [0.29, 0.717) is 13.1 Å². The fourth-order valence-electron chi connectivity index (χ4n) is 7.47. The second-order valence-electron chi connectivity index (χ2n) is 14.7. The van der Waals surface area contributed by atoms with Crippen LogP contribution in [-0.2, 0) is 40.0 Å². The van der Waals surface area contributed by atoms with E-state index in [4.69, 9.17) is 4.74 Å². The largest absolute Gasteiger partial charge is 0.465 e. The highest BCUT2D eigenvalue weighted by Crippen LogP contribution is 2.33. The number of imidazole rings is 2. The van der Waals surface area contributed by atoms with Crippen LogP contribution in [0.1, 0.15) is 99.6 Å². The third-order valence-electron chi connectivity index (χ3n) is 10.4. The quantitative estimate of drug-likeness (QED) is 0.179. The molecule has 2 aliphatic heterocycles. The summed E-state index contributed by atoms with van der Waals surface area (Å²) in [4.78, 5) is 71.4. The average molecular weight is 719 g/mol. The third kappa shape index (κ3) is 8.94. The number of rotatable bonds is 14. The number of benzene rings is 1. The first-order valence-corrected chi connectivity index (χ1v) is 18.4. The molecule has 2 aliphatic rings. The number of nitrogens with zero attached hydrogens (tertiary/aromatic N) is 5. The number of carbonyl (C=O) groups is 4. The third-order valence-corrected chi connectivity index (χ3v) is 10.4. The lowest BCUT2D eigenvalue weighted by molar-refractivity contribution is -0.138. The Kier molecular flexibility index (Phi) is 12.6. The van der Waals surface area contributed by atoms with Crippen LogP contribution >= 0.6 is 0 Å². The second-order valence-corrected chi connectivity index (χ2v) is 14.7. The van der Waals surface area contributed by atoms with Gasteiger partial charge in [-0.05, 0) is 74.3 Å². The molecule has 4 amide bonds. The highest BCUT2D eigenvalue weighted by Gasteiger charge is 2.40. The molecule has 0 radical (unpaired) electrons. The molecule has 1 unspecified atom stereocenters. The average Bonchev–Trinajstić information content (AvgIpc) is 3.95. The van der Waals surface area contributed by atoms with Crippen molar-refractivity contribution in [3.63, 3.8) is 0 Å². The molecule has 0 saturated carbocycles. The van der Waals surface area contributed by atoms with Crippen LogP contribution in [0.4, 0.5) is 9.59 Å². The summed E-state index contributed by atoms with van der Waals surface area (Å²) in [7, 11) is 2.75. The van der Waals surface area contributed by atoms with E-state index in [2.05, 4.69) is 49.5 Å². The summed E-state index contributed by atoms with van der Waals surface area (Å²) in [6.07, 6.45) is 8.52. The molecule has 0 bridgehead atoms. The molecule has 52 heavy (non-hydrogen) atoms. The Morgan fingerprint density at radius 2 is 1.31 bits per heavy atom. The van der Waals surface area contributed by atoms with Crippen LogP contribution in [0.15, 0.2) is 36.7 Å². The number of H-pyrrole nitrogens is 2. The Morgan fingerprint density at radius 1 is 0.827 bits per heavy atom. The fourth-order valence-corrected chi connectivity index (χ4v) is 7.47. The van der Waals surface area contributed by atoms with Gasteiger partial charge in [-0.2, -0.15) is 0 Å². The van der Waals surface area contributed by atoms with E-state index in [1.165, 1.54) is 25.3 Å². The van der Waals surface area contributed by atoms with Crippen molar-refractivity contribution >= 4 is 24.0 Å². The molecular formula is C38H54N8O6. The van der Waals surface area contributed by atoms with Gasteiger partial charge in [0.1, 0.15) is 23.7 Å². The minimum Gasteiger partial charge on any atom is -0.465 e. The van der Waals surface area contributed by atoms with Gasteiger partial charge in [-0.25, -0.2) is 19.6 Å². The summed E-state index contributed by atoms with van der Waals surface area (Å²) in [5, 5.41) is 12.2. The summed E-state index contributed by atoms with van der Waals surface area (Å²) < 4.78 is 4.74. The monoisotopic (exact) mass is 718 g/mol. The number of alkyl carbamates (subject to hydrolysis) is 1. The first-order chi connectivity index (χ1) is 24.9. The van der Waals surface area contributed by atoms with Gasteiger partial charge in [-0.1, -0.05) is 52.0 Å². The number of hydrogen-bond acceptors (Lipinski definition) is 7. The minimum absolute atomic E-state index is 0.0870. The van der Waals surface area contributed by atoms with Crippen LogP contribution in [-0.4, -0.2) is 103 Å². The van der Waals surface area contributed by atoms with Crippen LogP contribution in [0.5, 0.6) is 0 Å². The molecule has 4 atom stereocenters. The number of carbonyl (C=O) groups excluding carboxylic acids is 3. The van der Waals surface area contributed by atoms with E-state index in [-0.39, 0.29) is 35.7 Å². The van der Waals surface area contributed by atoms with Crippen molar-refractivity contribution in [3.05, 3.63) is 70.8 Å². The number of carboxylic acid groups (broad SMARTS) is 1. The van der Waals surface area contributed by atoms with Crippen molar-refractivity contribution in [2.24, 2.45) is 11.8 Å². The Hall–Kier alpha value is -4.88. The summed E-state index contributed by atoms with van der Waals surface area (Å²) in [5.74, 6) is 0.991. The molecule has 14 heteroatoms. The lowest BCUT2D eigenvalue weighted by Crippen LogP contribution is -2.51. The molecule has 3 aromatic rings. The summed E-state index contributed by atoms with van der Waals surface area (Å²) in [6, 6.07) is 6.87. The lowest BCUT2D eigenvalue weighted by atomic mass is 10.0. The summed E-state index contributed by atoms with van der Waals surface area (Å²) >= 11 is 0. The SMILES string of the molecule is COC(=O)N[C@H](C(=O)N1CCCC1c1ncc(CCc2ccc(CCc3cnc([C@@H]4CCCN4C(=O)[C@H](C(C)C)N(C)C(=O)O)[nH]3)cc2)[nH]1)C(C)C. The molecule has 2 aromatic heterocycles. The molecule has 0 spiro atoms. The first kappa shape index (κ1) is 38.4. The Balaban J connectivity index is 1.12. The van der Waals surface area contributed by atoms with Gasteiger partial charge >= 0.3 is 12.2 Å². The lowest BCUT2D eigenvalue weighted by Gasteiger charge is -2.33. The van der Waals surface area contributed by atoms with Gasteiger partial charge in [0.2, 0.25) is 11.8 Å².